The lowest BCUT2D eigenvalue weighted by Crippen LogP contribution is -2.29. The van der Waals surface area contributed by atoms with Crippen LogP contribution >= 0.6 is 12.2 Å². The van der Waals surface area contributed by atoms with Gasteiger partial charge in [-0.1, -0.05) is 18.2 Å². The van der Waals surface area contributed by atoms with E-state index in [1.165, 1.54) is 17.9 Å². The summed E-state index contributed by atoms with van der Waals surface area (Å²) in [5.41, 5.74) is 1.11. The number of para-hydroxylation sites is 2. The molecule has 0 amide bonds. The lowest BCUT2D eigenvalue weighted by molar-refractivity contribution is 0.156. The van der Waals surface area contributed by atoms with Gasteiger partial charge in [0.25, 0.3) is 5.56 Å². The van der Waals surface area contributed by atoms with Crippen LogP contribution in [0.4, 0.5) is 0 Å². The lowest BCUT2D eigenvalue weighted by atomic mass is 9.98. The van der Waals surface area contributed by atoms with Gasteiger partial charge in [0, 0.05) is 18.9 Å². The normalized spacial score (nSPS) is 16.5. The minimum Gasteiger partial charge on any atom is -0.495 e. The molecule has 1 aliphatic rings. The Balaban J connectivity index is 1.74. The lowest BCUT2D eigenvalue weighted by Gasteiger charge is -2.33. The second-order valence-corrected chi connectivity index (χ2v) is 7.60. The maximum absolute atomic E-state index is 12.6. The molecule has 4 rings (SSSR count). The van der Waals surface area contributed by atoms with Crippen molar-refractivity contribution < 1.29 is 9.84 Å². The van der Waals surface area contributed by atoms with Crippen LogP contribution in [-0.4, -0.2) is 44.5 Å². The van der Waals surface area contributed by atoms with E-state index in [1.807, 2.05) is 29.4 Å². The molecule has 1 aliphatic heterocycles. The van der Waals surface area contributed by atoms with Gasteiger partial charge in [0.05, 0.1) is 25.1 Å². The molecule has 3 aromatic rings. The Kier molecular flexibility index (Phi) is 6.13. The Labute approximate surface area is 184 Å². The number of aromatic hydroxyl groups is 1. The van der Waals surface area contributed by atoms with Crippen LogP contribution in [0.5, 0.6) is 11.6 Å². The molecule has 0 spiro atoms. The molecule has 0 radical (unpaired) electrons. The summed E-state index contributed by atoms with van der Waals surface area (Å²) in [6.07, 6.45) is 8.01. The van der Waals surface area contributed by atoms with E-state index < -0.39 is 5.56 Å². The molecule has 1 unspecified atom stereocenters. The summed E-state index contributed by atoms with van der Waals surface area (Å²) in [7, 11) is 1.53. The second kappa shape index (κ2) is 9.13. The van der Waals surface area contributed by atoms with Gasteiger partial charge in [0.15, 0.2) is 4.77 Å². The fraction of sp³-hybridized carbons (Fsp3) is 0.273. The molecular formula is C22H23N5O3S. The molecule has 1 aromatic carbocycles. The standard InChI is InChI=1S/C22H23N5O3S/c1-30-19-10-3-2-9-18(19)27-21(29)16(20(28)25-22(27)31)14-24-26-12-5-4-8-17(26)15-7-6-11-23-13-15/h2-3,6-7,9-11,13-14,17,29H,4-5,8,12H2,1H3,(H,25,28,31). The Bertz CT molecular complexity index is 1210. The zero-order valence-corrected chi connectivity index (χ0v) is 17.9. The predicted molar refractivity (Wildman–Crippen MR) is 121 cm³/mol. The van der Waals surface area contributed by atoms with Gasteiger partial charge in [0.1, 0.15) is 11.3 Å². The van der Waals surface area contributed by atoms with Gasteiger partial charge in [0.2, 0.25) is 5.88 Å². The Morgan fingerprint density at radius 1 is 1.29 bits per heavy atom. The van der Waals surface area contributed by atoms with Crippen molar-refractivity contribution in [1.29, 1.82) is 0 Å². The maximum Gasteiger partial charge on any atom is 0.264 e. The Morgan fingerprint density at radius 2 is 2.13 bits per heavy atom. The molecule has 9 heteroatoms. The second-order valence-electron chi connectivity index (χ2n) is 7.21. The van der Waals surface area contributed by atoms with Gasteiger partial charge >= 0.3 is 0 Å². The first kappa shape index (κ1) is 20.8. The molecule has 31 heavy (non-hydrogen) atoms. The summed E-state index contributed by atoms with van der Waals surface area (Å²) in [5, 5.41) is 17.4. The van der Waals surface area contributed by atoms with Gasteiger partial charge in [-0.3, -0.25) is 24.3 Å². The van der Waals surface area contributed by atoms with E-state index in [0.29, 0.717) is 11.4 Å². The first-order chi connectivity index (χ1) is 15.1. The van der Waals surface area contributed by atoms with Gasteiger partial charge in [-0.2, -0.15) is 5.10 Å². The zero-order chi connectivity index (χ0) is 21.8. The van der Waals surface area contributed by atoms with E-state index >= 15 is 0 Å². The molecule has 0 bridgehead atoms. The van der Waals surface area contributed by atoms with Gasteiger partial charge in [-0.05, 0) is 55.2 Å². The molecular weight excluding hydrogens is 414 g/mol. The number of aromatic nitrogens is 3. The summed E-state index contributed by atoms with van der Waals surface area (Å²) in [6, 6.07) is 11.1. The maximum atomic E-state index is 12.6. The minimum absolute atomic E-state index is 0.0232. The highest BCUT2D eigenvalue weighted by Crippen LogP contribution is 2.31. The molecule has 160 valence electrons. The number of methoxy groups -OCH3 is 1. The van der Waals surface area contributed by atoms with Crippen molar-refractivity contribution in [3.05, 3.63) is 75.0 Å². The van der Waals surface area contributed by atoms with Crippen LogP contribution in [0.3, 0.4) is 0 Å². The van der Waals surface area contributed by atoms with Crippen molar-refractivity contribution in [3.8, 4) is 17.3 Å². The van der Waals surface area contributed by atoms with Crippen molar-refractivity contribution >= 4 is 18.4 Å². The van der Waals surface area contributed by atoms with Crippen molar-refractivity contribution in [2.75, 3.05) is 13.7 Å². The number of nitrogens with one attached hydrogen (secondary N) is 1. The number of hydrazone groups is 1. The number of H-pyrrole nitrogens is 1. The van der Waals surface area contributed by atoms with Crippen molar-refractivity contribution in [1.82, 2.24) is 19.5 Å². The molecule has 8 nitrogen and oxygen atoms in total. The first-order valence-electron chi connectivity index (χ1n) is 10.0. The number of hydrogen-bond acceptors (Lipinski definition) is 7. The van der Waals surface area contributed by atoms with E-state index in [1.54, 1.807) is 24.4 Å². The zero-order valence-electron chi connectivity index (χ0n) is 17.1. The van der Waals surface area contributed by atoms with E-state index in [-0.39, 0.29) is 22.3 Å². The average molecular weight is 438 g/mol. The SMILES string of the molecule is COc1ccccc1-n1c(O)c(C=NN2CCCCC2c2cccnc2)c(=O)[nH]c1=S. The number of nitrogens with zero attached hydrogens (tertiary/aromatic N) is 4. The number of ether oxygens (including phenoxy) is 1. The topological polar surface area (TPSA) is 95.7 Å². The molecule has 0 aliphatic carbocycles. The van der Waals surface area contributed by atoms with Crippen LogP contribution in [0.25, 0.3) is 5.69 Å². The quantitative estimate of drug-likeness (QED) is 0.468. The third kappa shape index (κ3) is 4.22. The minimum atomic E-state index is -0.507. The highest BCUT2D eigenvalue weighted by atomic mass is 32.1. The molecule has 2 N–H and O–H groups in total. The van der Waals surface area contributed by atoms with Crippen LogP contribution in [0, 0.1) is 4.77 Å². The largest absolute Gasteiger partial charge is 0.495 e. The highest BCUT2D eigenvalue weighted by Gasteiger charge is 2.23. The molecule has 1 fully saturated rings. The summed E-state index contributed by atoms with van der Waals surface area (Å²) < 4.78 is 6.81. The first-order valence-corrected chi connectivity index (χ1v) is 10.4. The summed E-state index contributed by atoms with van der Waals surface area (Å²) in [6.45, 7) is 0.750. The number of hydrogen-bond donors (Lipinski definition) is 2. The summed E-state index contributed by atoms with van der Waals surface area (Å²) in [5.74, 6) is 0.216. The van der Waals surface area contributed by atoms with Crippen LogP contribution in [0.15, 0.2) is 58.7 Å². The fourth-order valence-corrected chi connectivity index (χ4v) is 4.07. The van der Waals surface area contributed by atoms with Crippen LogP contribution < -0.4 is 10.3 Å². The molecule has 1 saturated heterocycles. The van der Waals surface area contributed by atoms with E-state index in [0.717, 1.165) is 31.4 Å². The monoisotopic (exact) mass is 437 g/mol. The van der Waals surface area contributed by atoms with Gasteiger partial charge in [-0.15, -0.1) is 0 Å². The summed E-state index contributed by atoms with van der Waals surface area (Å²) >= 11 is 5.30. The van der Waals surface area contributed by atoms with Gasteiger partial charge in [-0.25, -0.2) is 0 Å². The van der Waals surface area contributed by atoms with Crippen LogP contribution in [0.1, 0.15) is 36.4 Å². The molecule has 0 saturated carbocycles. The number of pyridine rings is 1. The van der Waals surface area contributed by atoms with Crippen LogP contribution in [0.2, 0.25) is 0 Å². The number of rotatable bonds is 5. The fourth-order valence-electron chi connectivity index (χ4n) is 3.79. The van der Waals surface area contributed by atoms with E-state index in [2.05, 4.69) is 15.1 Å². The predicted octanol–water partition coefficient (Wildman–Crippen LogP) is 3.57. The number of aromatic amines is 1. The van der Waals surface area contributed by atoms with Crippen LogP contribution in [-0.2, 0) is 0 Å². The molecule has 2 aromatic heterocycles. The average Bonchev–Trinajstić information content (AvgIpc) is 2.80. The van der Waals surface area contributed by atoms with Crippen molar-refractivity contribution in [3.63, 3.8) is 0 Å². The third-order valence-electron chi connectivity index (χ3n) is 5.33. The van der Waals surface area contributed by atoms with Crippen molar-refractivity contribution in [2.24, 2.45) is 5.10 Å². The summed E-state index contributed by atoms with van der Waals surface area (Å²) in [4.78, 5) is 19.4. The van der Waals surface area contributed by atoms with E-state index in [9.17, 15) is 9.90 Å². The Morgan fingerprint density at radius 3 is 2.90 bits per heavy atom. The Hall–Kier alpha value is -3.46. The smallest absolute Gasteiger partial charge is 0.264 e. The van der Waals surface area contributed by atoms with Crippen molar-refractivity contribution in [2.45, 2.75) is 25.3 Å². The van der Waals surface area contributed by atoms with Gasteiger partial charge < -0.3 is 9.84 Å². The highest BCUT2D eigenvalue weighted by molar-refractivity contribution is 7.71. The number of benzene rings is 1. The third-order valence-corrected chi connectivity index (χ3v) is 5.61. The molecule has 1 atom stereocenters. The van der Waals surface area contributed by atoms with E-state index in [4.69, 9.17) is 17.0 Å². The molecule has 3 heterocycles. The number of piperidine rings is 1.